The number of rotatable bonds is 6. The van der Waals surface area contributed by atoms with Gasteiger partial charge in [0, 0.05) is 25.8 Å². The molecule has 1 atom stereocenters. The highest BCUT2D eigenvalue weighted by molar-refractivity contribution is 5.77. The van der Waals surface area contributed by atoms with E-state index in [0.717, 1.165) is 16.0 Å². The van der Waals surface area contributed by atoms with Crippen LogP contribution in [0, 0.1) is 5.92 Å². The summed E-state index contributed by atoms with van der Waals surface area (Å²) < 4.78 is 14.5. The van der Waals surface area contributed by atoms with Crippen molar-refractivity contribution in [1.29, 1.82) is 0 Å². The summed E-state index contributed by atoms with van der Waals surface area (Å²) in [7, 11) is 1.55. The van der Waals surface area contributed by atoms with Crippen LogP contribution in [0.1, 0.15) is 20.8 Å². The van der Waals surface area contributed by atoms with Gasteiger partial charge in [0.05, 0.1) is 13.2 Å². The van der Waals surface area contributed by atoms with E-state index < -0.39 is 23.8 Å². The topological polar surface area (TPSA) is 101 Å². The van der Waals surface area contributed by atoms with Gasteiger partial charge in [0.2, 0.25) is 5.95 Å². The second-order valence-corrected chi connectivity index (χ2v) is 7.88. The Morgan fingerprint density at radius 2 is 1.84 bits per heavy atom. The van der Waals surface area contributed by atoms with Crippen molar-refractivity contribution in [2.45, 2.75) is 33.9 Å². The second-order valence-electron chi connectivity index (χ2n) is 7.88. The van der Waals surface area contributed by atoms with Crippen molar-refractivity contribution in [1.82, 2.24) is 18.7 Å². The zero-order valence-electron chi connectivity index (χ0n) is 18.7. The first-order valence-corrected chi connectivity index (χ1v) is 10.7. The Bertz CT molecular complexity index is 1270. The van der Waals surface area contributed by atoms with E-state index in [9.17, 15) is 14.4 Å². The number of carbonyl (C=O) groups is 1. The summed E-state index contributed by atoms with van der Waals surface area (Å²) in [5.41, 5.74) is 0.352. The number of hydrogen-bond donors (Lipinski definition) is 0. The molecule has 10 nitrogen and oxygen atoms in total. The van der Waals surface area contributed by atoms with Crippen molar-refractivity contribution in [3.63, 3.8) is 0 Å². The minimum atomic E-state index is -0.631. The molecule has 0 aliphatic carbocycles. The molecule has 0 saturated carbocycles. The van der Waals surface area contributed by atoms with Gasteiger partial charge in [-0.3, -0.25) is 14.2 Å². The number of hydrogen-bond acceptors (Lipinski definition) is 7. The molecule has 0 radical (unpaired) electrons. The second kappa shape index (κ2) is 8.52. The maximum Gasteiger partial charge on any atom is 0.333 e. The Labute approximate surface area is 184 Å². The zero-order valence-corrected chi connectivity index (χ0v) is 18.7. The summed E-state index contributed by atoms with van der Waals surface area (Å²) in [6.45, 7) is 7.31. The summed E-state index contributed by atoms with van der Waals surface area (Å²) in [6, 6.07) is 7.69. The predicted molar refractivity (Wildman–Crippen MR) is 120 cm³/mol. The number of fused-ring (bicyclic) bond motifs is 3. The summed E-state index contributed by atoms with van der Waals surface area (Å²) in [5, 5.41) is 0. The average Bonchev–Trinajstić information content (AvgIpc) is 3.15. The number of benzene rings is 1. The number of anilines is 2. The van der Waals surface area contributed by atoms with E-state index in [0.29, 0.717) is 36.8 Å². The van der Waals surface area contributed by atoms with Gasteiger partial charge in [-0.15, -0.1) is 0 Å². The van der Waals surface area contributed by atoms with Gasteiger partial charge in [-0.2, -0.15) is 4.98 Å². The highest BCUT2D eigenvalue weighted by Gasteiger charge is 2.30. The number of carbonyl (C=O) groups excluding carboxylic acids is 1. The van der Waals surface area contributed by atoms with E-state index in [2.05, 4.69) is 11.9 Å². The Morgan fingerprint density at radius 1 is 1.12 bits per heavy atom. The SMILES string of the molecule is CCOC(=O)Cn1c(=O)c2c(nc3n2CC(C)CN3c2ccc(OCC)cc2)n(C)c1=O. The minimum absolute atomic E-state index is 0.173. The molecule has 1 aliphatic rings. The normalized spacial score (nSPS) is 15.6. The Morgan fingerprint density at radius 3 is 2.50 bits per heavy atom. The Hall–Kier alpha value is -3.56. The third-order valence-corrected chi connectivity index (χ3v) is 5.49. The van der Waals surface area contributed by atoms with E-state index in [1.54, 1.807) is 14.0 Å². The van der Waals surface area contributed by atoms with Crippen molar-refractivity contribution >= 4 is 28.8 Å². The molecule has 3 aromatic rings. The Kier molecular flexibility index (Phi) is 5.77. The maximum atomic E-state index is 13.3. The fraction of sp³-hybridized carbons (Fsp3) is 0.455. The first kappa shape index (κ1) is 21.7. The van der Waals surface area contributed by atoms with Crippen molar-refractivity contribution in [2.24, 2.45) is 13.0 Å². The lowest BCUT2D eigenvalue weighted by Gasteiger charge is -2.33. The van der Waals surface area contributed by atoms with E-state index in [1.807, 2.05) is 40.7 Å². The third kappa shape index (κ3) is 3.65. The standard InChI is InChI=1S/C22H27N5O5/c1-5-31-16-9-7-15(8-10-16)25-11-14(3)12-26-18-19(23-21(25)26)24(4)22(30)27(20(18)29)13-17(28)32-6-2/h7-10,14H,5-6,11-13H2,1-4H3. The van der Waals surface area contributed by atoms with E-state index >= 15 is 0 Å². The molecule has 4 rings (SSSR count). The first-order valence-electron chi connectivity index (χ1n) is 10.7. The molecule has 10 heteroatoms. The summed E-state index contributed by atoms with van der Waals surface area (Å²) in [4.78, 5) is 44.8. The van der Waals surface area contributed by atoms with Crippen molar-refractivity contribution in [3.8, 4) is 5.75 Å². The van der Waals surface area contributed by atoms with Crippen molar-refractivity contribution in [2.75, 3.05) is 24.7 Å². The van der Waals surface area contributed by atoms with Crippen LogP contribution in [0.25, 0.3) is 11.2 Å². The monoisotopic (exact) mass is 441 g/mol. The predicted octanol–water partition coefficient (Wildman–Crippen LogP) is 1.65. The van der Waals surface area contributed by atoms with Gasteiger partial charge in [0.1, 0.15) is 12.3 Å². The molecule has 2 aromatic heterocycles. The lowest BCUT2D eigenvalue weighted by Crippen LogP contribution is -2.42. The van der Waals surface area contributed by atoms with Crippen LogP contribution < -0.4 is 20.9 Å². The van der Waals surface area contributed by atoms with Crippen LogP contribution in [-0.4, -0.2) is 44.4 Å². The van der Waals surface area contributed by atoms with Crippen LogP contribution in [0.4, 0.5) is 11.6 Å². The molecule has 0 amide bonds. The van der Waals surface area contributed by atoms with Crippen LogP contribution in [0.2, 0.25) is 0 Å². The molecule has 1 unspecified atom stereocenters. The lowest BCUT2D eigenvalue weighted by atomic mass is 10.1. The molecule has 3 heterocycles. The third-order valence-electron chi connectivity index (χ3n) is 5.49. The van der Waals surface area contributed by atoms with Crippen molar-refractivity contribution < 1.29 is 14.3 Å². The molecule has 0 saturated heterocycles. The summed E-state index contributed by atoms with van der Waals surface area (Å²) in [6.07, 6.45) is 0. The summed E-state index contributed by atoms with van der Waals surface area (Å²) in [5.74, 6) is 0.956. The average molecular weight is 441 g/mol. The lowest BCUT2D eigenvalue weighted by molar-refractivity contribution is -0.143. The molecule has 0 bridgehead atoms. The van der Waals surface area contributed by atoms with Gasteiger partial charge in [0.15, 0.2) is 11.2 Å². The number of imidazole rings is 1. The molecule has 32 heavy (non-hydrogen) atoms. The maximum absolute atomic E-state index is 13.3. The number of aromatic nitrogens is 4. The van der Waals surface area contributed by atoms with Crippen LogP contribution in [0.5, 0.6) is 5.75 Å². The number of esters is 1. The highest BCUT2D eigenvalue weighted by Crippen LogP contribution is 2.33. The summed E-state index contributed by atoms with van der Waals surface area (Å²) >= 11 is 0. The van der Waals surface area contributed by atoms with Crippen LogP contribution in [0.3, 0.4) is 0 Å². The fourth-order valence-corrected chi connectivity index (χ4v) is 4.09. The number of aryl methyl sites for hydroxylation is 1. The highest BCUT2D eigenvalue weighted by atomic mass is 16.5. The molecular formula is C22H27N5O5. The van der Waals surface area contributed by atoms with Crippen LogP contribution in [-0.2, 0) is 29.7 Å². The van der Waals surface area contributed by atoms with E-state index in [1.165, 1.54) is 4.57 Å². The minimum Gasteiger partial charge on any atom is -0.494 e. The molecule has 170 valence electrons. The molecule has 0 spiro atoms. The van der Waals surface area contributed by atoms with Crippen LogP contribution in [0.15, 0.2) is 33.9 Å². The van der Waals surface area contributed by atoms with Crippen molar-refractivity contribution in [3.05, 3.63) is 45.1 Å². The van der Waals surface area contributed by atoms with Gasteiger partial charge < -0.3 is 18.9 Å². The van der Waals surface area contributed by atoms with E-state index in [4.69, 9.17) is 9.47 Å². The zero-order chi connectivity index (χ0) is 23.0. The Balaban J connectivity index is 1.87. The number of ether oxygens (including phenoxy) is 2. The molecule has 1 aliphatic heterocycles. The van der Waals surface area contributed by atoms with Gasteiger partial charge in [-0.1, -0.05) is 6.92 Å². The fourth-order valence-electron chi connectivity index (χ4n) is 4.09. The molecular weight excluding hydrogens is 414 g/mol. The van der Waals surface area contributed by atoms with Crippen LogP contribution >= 0.6 is 0 Å². The van der Waals surface area contributed by atoms with Gasteiger partial charge >= 0.3 is 11.7 Å². The smallest absolute Gasteiger partial charge is 0.333 e. The molecule has 1 aromatic carbocycles. The van der Waals surface area contributed by atoms with Gasteiger partial charge in [0.25, 0.3) is 5.56 Å². The van der Waals surface area contributed by atoms with Gasteiger partial charge in [-0.05, 0) is 44.0 Å². The molecule has 0 fully saturated rings. The number of nitrogens with zero attached hydrogens (tertiary/aromatic N) is 5. The first-order chi connectivity index (χ1) is 15.3. The molecule has 0 N–H and O–H groups in total. The quantitative estimate of drug-likeness (QED) is 0.536. The van der Waals surface area contributed by atoms with E-state index in [-0.39, 0.29) is 12.5 Å². The van der Waals surface area contributed by atoms with Gasteiger partial charge in [-0.25, -0.2) is 9.36 Å². The largest absolute Gasteiger partial charge is 0.494 e.